The zero-order chi connectivity index (χ0) is 12.5. The summed E-state index contributed by atoms with van der Waals surface area (Å²) >= 11 is 0. The molecule has 3 N–H and O–H groups in total. The quantitative estimate of drug-likeness (QED) is 0.833. The van der Waals surface area contributed by atoms with Gasteiger partial charge in [0.1, 0.15) is 5.65 Å². The lowest BCUT2D eigenvalue weighted by Crippen LogP contribution is -2.30. The molecule has 94 valence electrons. The molecule has 0 spiro atoms. The van der Waals surface area contributed by atoms with E-state index in [1.165, 1.54) is 5.56 Å². The molecule has 1 aliphatic heterocycles. The summed E-state index contributed by atoms with van der Waals surface area (Å²) in [5.74, 6) is 0.167. The number of nitrogens with two attached hydrogens (primary N) is 1. The maximum Gasteiger partial charge on any atom is 0.224 e. The molecule has 0 aromatic carbocycles. The lowest BCUT2D eigenvalue weighted by molar-refractivity contribution is -0.127. The number of carbonyl (C=O) groups excluding carboxylic acids is 1. The molecular weight excluding hydrogens is 228 g/mol. The maximum atomic E-state index is 11.6. The largest absolute Gasteiger partial charge is 0.346 e. The molecule has 18 heavy (non-hydrogen) atoms. The van der Waals surface area contributed by atoms with Crippen LogP contribution in [0.3, 0.4) is 0 Å². The van der Waals surface area contributed by atoms with Crippen molar-refractivity contribution in [2.45, 2.75) is 18.9 Å². The third-order valence-electron chi connectivity index (χ3n) is 3.43. The first-order valence-electron chi connectivity index (χ1n) is 6.18. The van der Waals surface area contributed by atoms with Gasteiger partial charge in [0.2, 0.25) is 5.91 Å². The summed E-state index contributed by atoms with van der Waals surface area (Å²) in [6.07, 6.45) is 5.06. The number of H-pyrrole nitrogens is 1. The van der Waals surface area contributed by atoms with Crippen molar-refractivity contribution in [3.63, 3.8) is 0 Å². The average molecular weight is 244 g/mol. The molecular formula is C13H16N4O. The minimum absolute atomic E-state index is 0.00198. The lowest BCUT2D eigenvalue weighted by atomic mass is 10.1. The summed E-state index contributed by atoms with van der Waals surface area (Å²) in [4.78, 5) is 20.9. The van der Waals surface area contributed by atoms with Gasteiger partial charge in [0, 0.05) is 43.3 Å². The molecule has 1 aliphatic rings. The summed E-state index contributed by atoms with van der Waals surface area (Å²) in [5, 5.41) is 1.13. The van der Waals surface area contributed by atoms with E-state index in [-0.39, 0.29) is 11.9 Å². The third-order valence-corrected chi connectivity index (χ3v) is 3.43. The second kappa shape index (κ2) is 4.42. The number of hydrogen-bond donors (Lipinski definition) is 2. The van der Waals surface area contributed by atoms with Crippen molar-refractivity contribution in [1.82, 2.24) is 14.9 Å². The number of nitrogens with zero attached hydrogens (tertiary/aromatic N) is 2. The number of pyridine rings is 1. The van der Waals surface area contributed by atoms with Gasteiger partial charge in [-0.25, -0.2) is 4.98 Å². The van der Waals surface area contributed by atoms with Gasteiger partial charge in [-0.3, -0.25) is 4.79 Å². The number of aromatic amines is 1. The Kier molecular flexibility index (Phi) is 2.76. The lowest BCUT2D eigenvalue weighted by Gasteiger charge is -2.15. The molecule has 3 heterocycles. The van der Waals surface area contributed by atoms with Gasteiger partial charge in [-0.05, 0) is 24.1 Å². The molecule has 1 fully saturated rings. The zero-order valence-corrected chi connectivity index (χ0v) is 10.1. The highest BCUT2D eigenvalue weighted by atomic mass is 16.2. The van der Waals surface area contributed by atoms with Crippen molar-refractivity contribution in [3.05, 3.63) is 30.1 Å². The molecule has 1 unspecified atom stereocenters. The fraction of sp³-hybridized carbons (Fsp3) is 0.385. The number of likely N-dealkylation sites (tertiary alicyclic amines) is 1. The molecule has 2 aromatic rings. The van der Waals surface area contributed by atoms with Crippen LogP contribution in [0.25, 0.3) is 11.0 Å². The molecule has 2 aromatic heterocycles. The van der Waals surface area contributed by atoms with Crippen LogP contribution in [0.2, 0.25) is 0 Å². The van der Waals surface area contributed by atoms with Crippen molar-refractivity contribution in [1.29, 1.82) is 0 Å². The van der Waals surface area contributed by atoms with Crippen LogP contribution in [0.5, 0.6) is 0 Å². The van der Waals surface area contributed by atoms with Crippen LogP contribution in [-0.4, -0.2) is 39.9 Å². The van der Waals surface area contributed by atoms with Crippen LogP contribution < -0.4 is 5.73 Å². The molecule has 3 rings (SSSR count). The van der Waals surface area contributed by atoms with Gasteiger partial charge >= 0.3 is 0 Å². The van der Waals surface area contributed by atoms with Crippen molar-refractivity contribution >= 4 is 16.9 Å². The predicted octanol–water partition coefficient (Wildman–Crippen LogP) is 0.665. The van der Waals surface area contributed by atoms with E-state index in [2.05, 4.69) is 9.97 Å². The van der Waals surface area contributed by atoms with Crippen LogP contribution in [0.15, 0.2) is 24.5 Å². The third kappa shape index (κ3) is 1.97. The summed E-state index contributed by atoms with van der Waals surface area (Å²) in [6, 6.07) is 3.98. The second-order valence-electron chi connectivity index (χ2n) is 4.77. The molecule has 1 atom stereocenters. The van der Waals surface area contributed by atoms with E-state index in [9.17, 15) is 4.79 Å². The fourth-order valence-corrected chi connectivity index (χ4v) is 2.49. The second-order valence-corrected chi connectivity index (χ2v) is 4.77. The van der Waals surface area contributed by atoms with Crippen LogP contribution in [0, 0.1) is 0 Å². The van der Waals surface area contributed by atoms with Gasteiger partial charge in [-0.2, -0.15) is 0 Å². The van der Waals surface area contributed by atoms with Crippen molar-refractivity contribution < 1.29 is 4.79 Å². The van der Waals surface area contributed by atoms with E-state index in [0.29, 0.717) is 13.0 Å². The normalized spacial score (nSPS) is 19.9. The average Bonchev–Trinajstić information content (AvgIpc) is 2.90. The standard InChI is InChI=1S/C13H16N4O/c14-10-6-12(18)17(8-10)5-3-9-7-16-13-11(9)2-1-4-15-13/h1-2,4,7,10H,3,5-6,8,14H2,(H,15,16). The van der Waals surface area contributed by atoms with E-state index >= 15 is 0 Å². The maximum absolute atomic E-state index is 11.6. The van der Waals surface area contributed by atoms with Gasteiger partial charge in [0.05, 0.1) is 0 Å². The number of nitrogens with one attached hydrogen (secondary N) is 1. The van der Waals surface area contributed by atoms with E-state index in [4.69, 9.17) is 5.73 Å². The summed E-state index contributed by atoms with van der Waals surface area (Å²) in [6.45, 7) is 1.41. The first kappa shape index (κ1) is 11.2. The van der Waals surface area contributed by atoms with Gasteiger partial charge in [-0.1, -0.05) is 0 Å². The molecule has 1 amide bonds. The van der Waals surface area contributed by atoms with Gasteiger partial charge in [0.25, 0.3) is 0 Å². The molecule has 1 saturated heterocycles. The molecule has 5 heteroatoms. The number of carbonyl (C=O) groups is 1. The number of aromatic nitrogens is 2. The Hall–Kier alpha value is -1.88. The summed E-state index contributed by atoms with van der Waals surface area (Å²) in [7, 11) is 0. The van der Waals surface area contributed by atoms with Crippen molar-refractivity contribution in [3.8, 4) is 0 Å². The van der Waals surface area contributed by atoms with E-state index in [1.54, 1.807) is 6.20 Å². The molecule has 5 nitrogen and oxygen atoms in total. The zero-order valence-electron chi connectivity index (χ0n) is 10.1. The Morgan fingerprint density at radius 1 is 1.56 bits per heavy atom. The van der Waals surface area contributed by atoms with E-state index in [1.807, 2.05) is 23.2 Å². The molecule has 0 bridgehead atoms. The number of rotatable bonds is 3. The van der Waals surface area contributed by atoms with Gasteiger partial charge in [-0.15, -0.1) is 0 Å². The summed E-state index contributed by atoms with van der Waals surface area (Å²) < 4.78 is 0. The molecule has 0 saturated carbocycles. The smallest absolute Gasteiger partial charge is 0.224 e. The van der Waals surface area contributed by atoms with Gasteiger partial charge in [0.15, 0.2) is 0 Å². The van der Waals surface area contributed by atoms with E-state index < -0.39 is 0 Å². The Morgan fingerprint density at radius 2 is 2.44 bits per heavy atom. The molecule has 0 radical (unpaired) electrons. The number of amides is 1. The number of hydrogen-bond acceptors (Lipinski definition) is 3. The van der Waals surface area contributed by atoms with E-state index in [0.717, 1.165) is 24.0 Å². The minimum Gasteiger partial charge on any atom is -0.346 e. The Morgan fingerprint density at radius 3 is 3.22 bits per heavy atom. The topological polar surface area (TPSA) is 75.0 Å². The van der Waals surface area contributed by atoms with Crippen molar-refractivity contribution in [2.75, 3.05) is 13.1 Å². The highest BCUT2D eigenvalue weighted by Crippen LogP contribution is 2.17. The highest BCUT2D eigenvalue weighted by Gasteiger charge is 2.26. The Balaban J connectivity index is 1.72. The first-order valence-corrected chi connectivity index (χ1v) is 6.18. The summed E-state index contributed by atoms with van der Waals surface area (Å²) in [5.41, 5.74) is 7.88. The van der Waals surface area contributed by atoms with Crippen molar-refractivity contribution in [2.24, 2.45) is 5.73 Å². The van der Waals surface area contributed by atoms with Crippen LogP contribution in [-0.2, 0) is 11.2 Å². The fourth-order valence-electron chi connectivity index (χ4n) is 2.49. The van der Waals surface area contributed by atoms with Gasteiger partial charge < -0.3 is 15.6 Å². The number of fused-ring (bicyclic) bond motifs is 1. The SMILES string of the molecule is NC1CC(=O)N(CCc2c[nH]c3ncccc23)C1. The van der Waals surface area contributed by atoms with Crippen LogP contribution in [0.1, 0.15) is 12.0 Å². The monoisotopic (exact) mass is 244 g/mol. The minimum atomic E-state index is 0.00198. The predicted molar refractivity (Wildman–Crippen MR) is 69.0 cm³/mol. The highest BCUT2D eigenvalue weighted by molar-refractivity contribution is 5.80. The Bertz CT molecular complexity index is 577. The van der Waals surface area contributed by atoms with Crippen LogP contribution >= 0.6 is 0 Å². The molecule has 0 aliphatic carbocycles. The first-order chi connectivity index (χ1) is 8.74. The Labute approximate surface area is 105 Å². The van der Waals surface area contributed by atoms with Crippen LogP contribution in [0.4, 0.5) is 0 Å².